The lowest BCUT2D eigenvalue weighted by Gasteiger charge is -2.37. The molecule has 0 aromatic heterocycles. The number of halogens is 1. The topological polar surface area (TPSA) is 73.9 Å². The van der Waals surface area contributed by atoms with Gasteiger partial charge >= 0.3 is 5.97 Å². The predicted octanol–water partition coefficient (Wildman–Crippen LogP) is 5.40. The monoisotopic (exact) mass is 489 g/mol. The molecule has 2 atom stereocenters. The highest BCUT2D eigenvalue weighted by molar-refractivity contribution is 6.04. The number of dihydropyridines is 1. The zero-order chi connectivity index (χ0) is 24.8. The average Bonchev–Trinajstić information content (AvgIpc) is 3.55. The number of Topliss-reactive ketones (excluding diaryl/α,β-unsaturated/α-hetero) is 1. The molecule has 1 saturated carbocycles. The van der Waals surface area contributed by atoms with Gasteiger partial charge in [0.25, 0.3) is 0 Å². The minimum atomic E-state index is -0.564. The first-order chi connectivity index (χ1) is 17.5. The summed E-state index contributed by atoms with van der Waals surface area (Å²) in [6.07, 6.45) is 4.64. The number of hydrogen-bond donors (Lipinski definition) is 1. The van der Waals surface area contributed by atoms with E-state index in [-0.39, 0.29) is 42.8 Å². The summed E-state index contributed by atoms with van der Waals surface area (Å²) in [5.41, 5.74) is 4.26. The molecule has 2 heterocycles. The SMILES string of the molecule is CC1=C(C(=O)OC2CCCC2)[C@H](c2ccc3c(c2)OCO3)C2=C(C[C@@H](c3ccc(F)cc3)CC2=O)N1. The number of ketones is 1. The summed E-state index contributed by atoms with van der Waals surface area (Å²) in [5, 5.41) is 3.38. The van der Waals surface area contributed by atoms with Gasteiger partial charge in [-0.25, -0.2) is 9.18 Å². The summed E-state index contributed by atoms with van der Waals surface area (Å²) in [6, 6.07) is 11.9. The maximum atomic E-state index is 13.7. The Morgan fingerprint density at radius 3 is 2.50 bits per heavy atom. The lowest BCUT2D eigenvalue weighted by molar-refractivity contribution is -0.144. The van der Waals surface area contributed by atoms with E-state index in [2.05, 4.69) is 5.32 Å². The molecule has 0 radical (unpaired) electrons. The second-order valence-corrected chi connectivity index (χ2v) is 9.99. The molecule has 7 heteroatoms. The number of hydrogen-bond acceptors (Lipinski definition) is 6. The Balaban J connectivity index is 1.40. The maximum absolute atomic E-state index is 13.7. The standard InChI is InChI=1S/C29H28FNO5/c1-16-26(29(33)36-21-4-2-3-5-21)27(18-8-11-24-25(14-18)35-15-34-24)28-22(31-16)12-19(13-23(28)32)17-6-9-20(30)10-7-17/h6-11,14,19,21,27,31H,2-5,12-13,15H2,1H3/t19-,27+/m1/s1. The lowest BCUT2D eigenvalue weighted by Crippen LogP contribution is -2.36. The first-order valence-electron chi connectivity index (χ1n) is 12.6. The van der Waals surface area contributed by atoms with Crippen molar-refractivity contribution in [1.29, 1.82) is 0 Å². The number of carbonyl (C=O) groups excluding carboxylic acids is 2. The van der Waals surface area contributed by atoms with E-state index in [4.69, 9.17) is 14.2 Å². The highest BCUT2D eigenvalue weighted by atomic mass is 19.1. The van der Waals surface area contributed by atoms with Gasteiger partial charge in [-0.05, 0) is 80.3 Å². The van der Waals surface area contributed by atoms with E-state index in [0.717, 1.165) is 42.5 Å². The molecule has 36 heavy (non-hydrogen) atoms. The van der Waals surface area contributed by atoms with E-state index in [1.807, 2.05) is 25.1 Å². The molecule has 186 valence electrons. The molecule has 1 fully saturated rings. The molecule has 6 nitrogen and oxygen atoms in total. The third-order valence-electron chi connectivity index (χ3n) is 7.69. The number of benzene rings is 2. The van der Waals surface area contributed by atoms with E-state index < -0.39 is 5.92 Å². The van der Waals surface area contributed by atoms with Crippen LogP contribution >= 0.6 is 0 Å². The van der Waals surface area contributed by atoms with Crippen molar-refractivity contribution in [3.63, 3.8) is 0 Å². The van der Waals surface area contributed by atoms with Crippen LogP contribution in [0.3, 0.4) is 0 Å². The third-order valence-corrected chi connectivity index (χ3v) is 7.69. The molecule has 2 aromatic rings. The quantitative estimate of drug-likeness (QED) is 0.580. The zero-order valence-corrected chi connectivity index (χ0v) is 20.1. The van der Waals surface area contributed by atoms with Crippen LogP contribution in [0.4, 0.5) is 4.39 Å². The molecule has 0 spiro atoms. The molecule has 0 amide bonds. The molecular formula is C29H28FNO5. The van der Waals surface area contributed by atoms with Gasteiger partial charge in [0.15, 0.2) is 17.3 Å². The van der Waals surface area contributed by atoms with E-state index in [0.29, 0.717) is 34.8 Å². The van der Waals surface area contributed by atoms with E-state index in [1.54, 1.807) is 12.1 Å². The number of esters is 1. The summed E-state index contributed by atoms with van der Waals surface area (Å²) in [6.45, 7) is 2.00. The van der Waals surface area contributed by atoms with Gasteiger partial charge in [-0.2, -0.15) is 0 Å². The molecule has 0 bridgehead atoms. The Morgan fingerprint density at radius 1 is 1.00 bits per heavy atom. The summed E-state index contributed by atoms with van der Waals surface area (Å²) in [4.78, 5) is 27.2. The van der Waals surface area contributed by atoms with Crippen molar-refractivity contribution in [3.8, 4) is 11.5 Å². The van der Waals surface area contributed by atoms with Gasteiger partial charge < -0.3 is 19.5 Å². The second kappa shape index (κ2) is 9.12. The number of fused-ring (bicyclic) bond motifs is 1. The maximum Gasteiger partial charge on any atom is 0.337 e. The fourth-order valence-corrected chi connectivity index (χ4v) is 5.93. The number of allylic oxidation sites excluding steroid dienone is 3. The van der Waals surface area contributed by atoms with Crippen LogP contribution in [-0.4, -0.2) is 24.6 Å². The lowest BCUT2D eigenvalue weighted by atomic mass is 9.71. The van der Waals surface area contributed by atoms with E-state index in [1.165, 1.54) is 12.1 Å². The molecule has 4 aliphatic rings. The Morgan fingerprint density at radius 2 is 1.72 bits per heavy atom. The molecular weight excluding hydrogens is 461 g/mol. The Bertz CT molecular complexity index is 1290. The van der Waals surface area contributed by atoms with Crippen LogP contribution in [0.1, 0.15) is 68.4 Å². The van der Waals surface area contributed by atoms with Crippen LogP contribution in [0.2, 0.25) is 0 Å². The third kappa shape index (κ3) is 4.06. The van der Waals surface area contributed by atoms with Crippen LogP contribution < -0.4 is 14.8 Å². The summed E-state index contributed by atoms with van der Waals surface area (Å²) >= 11 is 0. The van der Waals surface area contributed by atoms with Gasteiger partial charge in [-0.1, -0.05) is 18.2 Å². The van der Waals surface area contributed by atoms with Crippen LogP contribution in [-0.2, 0) is 14.3 Å². The molecule has 6 rings (SSSR count). The fourth-order valence-electron chi connectivity index (χ4n) is 5.93. The van der Waals surface area contributed by atoms with Crippen molar-refractivity contribution < 1.29 is 28.2 Å². The summed E-state index contributed by atoms with van der Waals surface area (Å²) < 4.78 is 30.5. The van der Waals surface area contributed by atoms with Crippen LogP contribution in [0.25, 0.3) is 0 Å². The van der Waals surface area contributed by atoms with Gasteiger partial charge in [-0.3, -0.25) is 4.79 Å². The second-order valence-electron chi connectivity index (χ2n) is 9.99. The highest BCUT2D eigenvalue weighted by Crippen LogP contribution is 2.47. The van der Waals surface area contributed by atoms with Gasteiger partial charge in [-0.15, -0.1) is 0 Å². The van der Waals surface area contributed by atoms with Gasteiger partial charge in [0, 0.05) is 29.3 Å². The van der Waals surface area contributed by atoms with Gasteiger partial charge in [0.1, 0.15) is 11.9 Å². The van der Waals surface area contributed by atoms with Gasteiger partial charge in [0.2, 0.25) is 6.79 Å². The summed E-state index contributed by atoms with van der Waals surface area (Å²) in [5.74, 6) is -0.101. The van der Waals surface area contributed by atoms with Crippen LogP contribution in [0.5, 0.6) is 11.5 Å². The molecule has 0 saturated heterocycles. The van der Waals surface area contributed by atoms with Crippen LogP contribution in [0, 0.1) is 5.82 Å². The van der Waals surface area contributed by atoms with Crippen molar-refractivity contribution in [2.45, 2.75) is 63.4 Å². The fraction of sp³-hybridized carbons (Fsp3) is 0.379. The average molecular weight is 490 g/mol. The molecule has 1 N–H and O–H groups in total. The zero-order valence-electron chi connectivity index (χ0n) is 20.1. The normalized spacial score (nSPS) is 23.6. The predicted molar refractivity (Wildman–Crippen MR) is 130 cm³/mol. The smallest absolute Gasteiger partial charge is 0.337 e. The number of nitrogens with one attached hydrogen (secondary N) is 1. The largest absolute Gasteiger partial charge is 0.459 e. The summed E-state index contributed by atoms with van der Waals surface area (Å²) in [7, 11) is 0. The van der Waals surface area contributed by atoms with Crippen molar-refractivity contribution in [3.05, 3.63) is 81.9 Å². The number of rotatable bonds is 4. The highest BCUT2D eigenvalue weighted by Gasteiger charge is 2.42. The Labute approximate surface area is 209 Å². The van der Waals surface area contributed by atoms with Crippen molar-refractivity contribution >= 4 is 11.8 Å². The van der Waals surface area contributed by atoms with Crippen molar-refractivity contribution in [2.75, 3.05) is 6.79 Å². The number of carbonyl (C=O) groups is 2. The molecule has 2 aliphatic carbocycles. The van der Waals surface area contributed by atoms with Crippen LogP contribution in [0.15, 0.2) is 65.0 Å². The minimum absolute atomic E-state index is 0.0283. The number of ether oxygens (including phenoxy) is 3. The molecule has 0 unspecified atom stereocenters. The van der Waals surface area contributed by atoms with E-state index >= 15 is 0 Å². The van der Waals surface area contributed by atoms with E-state index in [9.17, 15) is 14.0 Å². The first kappa shape index (κ1) is 22.8. The van der Waals surface area contributed by atoms with Crippen molar-refractivity contribution in [1.82, 2.24) is 5.32 Å². The molecule has 2 aliphatic heterocycles. The first-order valence-corrected chi connectivity index (χ1v) is 12.6. The minimum Gasteiger partial charge on any atom is -0.459 e. The molecule has 2 aromatic carbocycles. The Hall–Kier alpha value is -3.61. The van der Waals surface area contributed by atoms with Crippen molar-refractivity contribution in [2.24, 2.45) is 0 Å². The van der Waals surface area contributed by atoms with Gasteiger partial charge in [0.05, 0.1) is 5.57 Å². The Kier molecular flexibility index (Phi) is 5.78.